The third kappa shape index (κ3) is 9.58. The van der Waals surface area contributed by atoms with E-state index in [0.717, 1.165) is 30.6 Å². The van der Waals surface area contributed by atoms with Crippen LogP contribution in [0.5, 0.6) is 5.75 Å². The predicted octanol–water partition coefficient (Wildman–Crippen LogP) is 1.40. The van der Waals surface area contributed by atoms with Crippen molar-refractivity contribution in [1.82, 2.24) is 10.2 Å². The van der Waals surface area contributed by atoms with E-state index < -0.39 is 5.97 Å². The Labute approximate surface area is 213 Å². The molecular weight excluding hydrogens is 464 g/mol. The number of aromatic hydroxyl groups is 1. The molecule has 0 radical (unpaired) electrons. The third-order valence-corrected chi connectivity index (χ3v) is 6.66. The molecule has 0 saturated carbocycles. The van der Waals surface area contributed by atoms with E-state index in [1.54, 1.807) is 13.0 Å². The number of phenols is 1. The molecule has 9 nitrogen and oxygen atoms in total. The zero-order chi connectivity index (χ0) is 25.1. The van der Waals surface area contributed by atoms with Gasteiger partial charge in [0, 0.05) is 19.7 Å². The highest BCUT2D eigenvalue weighted by atomic mass is 16.4. The van der Waals surface area contributed by atoms with Crippen molar-refractivity contribution in [3.63, 3.8) is 0 Å². The van der Waals surface area contributed by atoms with Crippen LogP contribution < -0.4 is 5.32 Å². The average molecular weight is 507 g/mol. The second-order valence-corrected chi connectivity index (χ2v) is 9.19. The number of phenolic OH excluding ortho intramolecular Hbond substituents is 1. The van der Waals surface area contributed by atoms with Crippen LogP contribution in [0.1, 0.15) is 38.3 Å². The summed E-state index contributed by atoms with van der Waals surface area (Å²) in [6.45, 7) is 8.28. The molecule has 1 fully saturated rings. The van der Waals surface area contributed by atoms with Crippen molar-refractivity contribution < 1.29 is 35.9 Å². The van der Waals surface area contributed by atoms with Gasteiger partial charge in [0.15, 0.2) is 0 Å². The average Bonchev–Trinajstić information content (AvgIpc) is 2.80. The van der Waals surface area contributed by atoms with E-state index in [9.17, 15) is 14.7 Å². The number of likely N-dealkylation sites (tertiary alicyclic amines) is 1. The van der Waals surface area contributed by atoms with Crippen LogP contribution in [0.3, 0.4) is 0 Å². The molecule has 1 saturated heterocycles. The van der Waals surface area contributed by atoms with Gasteiger partial charge < -0.3 is 36.5 Å². The number of nitrogens with zero attached hydrogens (tertiary/aromatic N) is 1. The lowest BCUT2D eigenvalue weighted by molar-refractivity contribution is -0.138. The van der Waals surface area contributed by atoms with Crippen molar-refractivity contribution in [3.8, 4) is 5.75 Å². The van der Waals surface area contributed by atoms with Crippen molar-refractivity contribution in [2.24, 2.45) is 11.8 Å². The molecule has 1 aliphatic rings. The molecule has 2 aromatic rings. The molecule has 0 aromatic heterocycles. The topological polar surface area (TPSA) is 173 Å². The maximum atomic E-state index is 12.8. The summed E-state index contributed by atoms with van der Waals surface area (Å²) in [5, 5.41) is 29.0. The molecule has 0 aliphatic carbocycles. The molecule has 202 valence electrons. The summed E-state index contributed by atoms with van der Waals surface area (Å²) in [4.78, 5) is 26.0. The summed E-state index contributed by atoms with van der Waals surface area (Å²) in [7, 11) is 0. The lowest BCUT2D eigenvalue weighted by Gasteiger charge is -2.45. The van der Waals surface area contributed by atoms with Gasteiger partial charge in [-0.1, -0.05) is 56.3 Å². The summed E-state index contributed by atoms with van der Waals surface area (Å²) in [5.74, 6) is -0.964. The first-order valence-electron chi connectivity index (χ1n) is 11.9. The number of benzene rings is 2. The van der Waals surface area contributed by atoms with Gasteiger partial charge >= 0.3 is 5.97 Å². The monoisotopic (exact) mass is 506 g/mol. The van der Waals surface area contributed by atoms with E-state index in [-0.39, 0.29) is 47.1 Å². The van der Waals surface area contributed by atoms with Crippen LogP contribution in [0.25, 0.3) is 0 Å². The fourth-order valence-corrected chi connectivity index (χ4v) is 4.53. The minimum Gasteiger partial charge on any atom is -0.508 e. The van der Waals surface area contributed by atoms with Gasteiger partial charge in [0.25, 0.3) is 0 Å². The first-order chi connectivity index (χ1) is 16.2. The van der Waals surface area contributed by atoms with Gasteiger partial charge in [0.2, 0.25) is 5.91 Å². The number of carbonyl (C=O) groups excluding carboxylic acids is 1. The van der Waals surface area contributed by atoms with Gasteiger partial charge in [-0.15, -0.1) is 0 Å². The van der Waals surface area contributed by atoms with E-state index in [4.69, 9.17) is 10.2 Å². The highest BCUT2D eigenvalue weighted by Crippen LogP contribution is 2.40. The number of aliphatic hydroxyl groups is 1. The van der Waals surface area contributed by atoms with Crippen LogP contribution in [0.4, 0.5) is 0 Å². The second-order valence-electron chi connectivity index (χ2n) is 9.19. The predicted molar refractivity (Wildman–Crippen MR) is 140 cm³/mol. The Kier molecular flexibility index (Phi) is 14.6. The number of nitrogens with one attached hydrogen (secondary N) is 1. The van der Waals surface area contributed by atoms with Crippen molar-refractivity contribution >= 4 is 11.9 Å². The number of amides is 1. The second kappa shape index (κ2) is 15.9. The number of hydrogen-bond acceptors (Lipinski definition) is 5. The summed E-state index contributed by atoms with van der Waals surface area (Å²) in [6.07, 6.45) is 1.49. The van der Waals surface area contributed by atoms with E-state index in [2.05, 4.69) is 30.1 Å². The molecular formula is C27H42N2O7. The van der Waals surface area contributed by atoms with E-state index in [1.165, 1.54) is 0 Å². The van der Waals surface area contributed by atoms with Gasteiger partial charge in [-0.05, 0) is 60.9 Å². The molecule has 1 aliphatic heterocycles. The number of piperidine rings is 1. The van der Waals surface area contributed by atoms with Crippen LogP contribution in [-0.2, 0) is 21.4 Å². The largest absolute Gasteiger partial charge is 0.508 e. The van der Waals surface area contributed by atoms with Crippen molar-refractivity contribution in [1.29, 1.82) is 0 Å². The Morgan fingerprint density at radius 2 is 1.78 bits per heavy atom. The van der Waals surface area contributed by atoms with Crippen LogP contribution >= 0.6 is 0 Å². The zero-order valence-electron chi connectivity index (χ0n) is 21.4. The minimum absolute atomic E-state index is 0. The molecule has 0 unspecified atom stereocenters. The van der Waals surface area contributed by atoms with Gasteiger partial charge in [0.1, 0.15) is 12.3 Å². The molecule has 0 bridgehead atoms. The number of hydrogen-bond donors (Lipinski definition) is 4. The summed E-state index contributed by atoms with van der Waals surface area (Å²) in [6, 6.07) is 17.3. The van der Waals surface area contributed by atoms with Crippen LogP contribution in [0, 0.1) is 11.8 Å². The van der Waals surface area contributed by atoms with Crippen molar-refractivity contribution in [2.75, 3.05) is 32.8 Å². The maximum absolute atomic E-state index is 12.8. The number of carbonyl (C=O) groups is 2. The van der Waals surface area contributed by atoms with Gasteiger partial charge in [-0.2, -0.15) is 0 Å². The van der Waals surface area contributed by atoms with E-state index >= 15 is 0 Å². The van der Waals surface area contributed by atoms with Crippen LogP contribution in [0.15, 0.2) is 54.6 Å². The Hall–Kier alpha value is -2.98. The SMILES string of the molecule is CCO.C[C@H]1CN(C[C@H](Cc2ccccc2)C(=O)NCC(=O)O)CC[C@@]1(C)c1cccc(O)c1.O.O. The van der Waals surface area contributed by atoms with Crippen molar-refractivity contribution in [3.05, 3.63) is 65.7 Å². The summed E-state index contributed by atoms with van der Waals surface area (Å²) < 4.78 is 0. The third-order valence-electron chi connectivity index (χ3n) is 6.66. The van der Waals surface area contributed by atoms with Gasteiger partial charge in [0.05, 0.1) is 5.92 Å². The number of carboxylic acid groups (broad SMARTS) is 1. The Bertz CT molecular complexity index is 925. The number of aliphatic carboxylic acids is 1. The minimum atomic E-state index is -1.04. The van der Waals surface area contributed by atoms with E-state index in [1.807, 2.05) is 42.5 Å². The van der Waals surface area contributed by atoms with Crippen LogP contribution in [0.2, 0.25) is 0 Å². The molecule has 9 heteroatoms. The maximum Gasteiger partial charge on any atom is 0.322 e. The molecule has 0 spiro atoms. The Morgan fingerprint density at radius 1 is 1.14 bits per heavy atom. The smallest absolute Gasteiger partial charge is 0.322 e. The highest BCUT2D eigenvalue weighted by molar-refractivity contribution is 5.83. The quantitative estimate of drug-likeness (QED) is 0.421. The lowest BCUT2D eigenvalue weighted by Crippen LogP contribution is -2.50. The van der Waals surface area contributed by atoms with Gasteiger partial charge in [-0.25, -0.2) is 0 Å². The fourth-order valence-electron chi connectivity index (χ4n) is 4.53. The number of rotatable bonds is 8. The molecule has 3 rings (SSSR count). The first kappa shape index (κ1) is 33.0. The zero-order valence-corrected chi connectivity index (χ0v) is 21.4. The summed E-state index contributed by atoms with van der Waals surface area (Å²) >= 11 is 0. The Morgan fingerprint density at radius 3 is 2.33 bits per heavy atom. The number of aliphatic hydroxyl groups excluding tert-OH is 1. The number of carboxylic acids is 1. The first-order valence-corrected chi connectivity index (χ1v) is 11.9. The molecule has 8 N–H and O–H groups in total. The van der Waals surface area contributed by atoms with Crippen molar-refractivity contribution in [2.45, 2.75) is 39.0 Å². The molecule has 1 amide bonds. The fraction of sp³-hybridized carbons (Fsp3) is 0.481. The van der Waals surface area contributed by atoms with Crippen LogP contribution in [-0.4, -0.2) is 75.8 Å². The molecule has 1 heterocycles. The molecule has 3 atom stereocenters. The lowest BCUT2D eigenvalue weighted by atomic mass is 9.68. The normalized spacial score (nSPS) is 19.9. The highest BCUT2D eigenvalue weighted by Gasteiger charge is 2.39. The standard InChI is InChI=1S/C25H32N2O4.C2H6O.2H2O/c1-18-16-27(12-11-25(18,2)21-9-6-10-22(28)14-21)17-20(24(31)26-15-23(29)30)13-19-7-4-3-5-8-19;1-2-3;;/h3-10,14,18,20,28H,11-13,15-17H2,1-2H3,(H,26,31)(H,29,30);3H,2H2,1H3;2*1H2/t18-,20-,25+;;;/m0.../s1. The van der Waals surface area contributed by atoms with Gasteiger partial charge in [-0.3, -0.25) is 9.59 Å². The van der Waals surface area contributed by atoms with E-state index in [0.29, 0.717) is 18.9 Å². The summed E-state index contributed by atoms with van der Waals surface area (Å²) in [5.41, 5.74) is 2.16. The molecule has 2 aromatic carbocycles. The molecule has 36 heavy (non-hydrogen) atoms. The Balaban J connectivity index is 0.00000233.